The van der Waals surface area contributed by atoms with E-state index in [1.165, 1.54) is 12.3 Å². The molecule has 0 atom stereocenters. The third-order valence-corrected chi connectivity index (χ3v) is 0.930. The summed E-state index contributed by atoms with van der Waals surface area (Å²) in [4.78, 5) is 13.9. The van der Waals surface area contributed by atoms with Crippen LogP contribution in [-0.4, -0.2) is 21.7 Å². The molecule has 1 aromatic rings. The van der Waals surface area contributed by atoms with Gasteiger partial charge in [-0.2, -0.15) is 5.10 Å². The first kappa shape index (κ1) is 6.63. The molecule has 0 fully saturated rings. The lowest BCUT2D eigenvalue weighted by Gasteiger charge is -1.94. The molecule has 1 heterocycles. The third kappa shape index (κ3) is 1.08. The molecule has 0 aliphatic carbocycles. The van der Waals surface area contributed by atoms with Crippen molar-refractivity contribution in [3.05, 3.63) is 17.8 Å². The van der Waals surface area contributed by atoms with Gasteiger partial charge in [0, 0.05) is 0 Å². The van der Waals surface area contributed by atoms with Crippen molar-refractivity contribution < 1.29 is 14.9 Å². The van der Waals surface area contributed by atoms with Gasteiger partial charge in [-0.15, -0.1) is 5.10 Å². The van der Waals surface area contributed by atoms with Crippen LogP contribution in [0.15, 0.2) is 12.3 Å². The number of carbonyl (C=O) groups excluding carboxylic acids is 1. The van der Waals surface area contributed by atoms with Crippen LogP contribution in [0.1, 0.15) is 10.4 Å². The van der Waals surface area contributed by atoms with Crippen LogP contribution >= 0.6 is 0 Å². The van der Waals surface area contributed by atoms with E-state index in [1.54, 1.807) is 0 Å². The quantitative estimate of drug-likeness (QED) is 0.359. The molecule has 1 N–H and O–H groups in total. The first-order valence-corrected chi connectivity index (χ1v) is 2.46. The predicted molar refractivity (Wildman–Crippen MR) is 30.7 cm³/mol. The second-order valence-corrected chi connectivity index (χ2v) is 1.50. The maximum absolute atomic E-state index is 10.1. The number of nitrogens with zero attached hydrogens (tertiary/aromatic N) is 2. The Bertz CT molecular complexity index is 238. The minimum absolute atomic E-state index is 0.164. The number of aldehydes is 1. The maximum Gasteiger partial charge on any atom is 0.285 e. The Morgan fingerprint density at radius 3 is 3.00 bits per heavy atom. The highest BCUT2D eigenvalue weighted by Crippen LogP contribution is 2.07. The molecular formula is C5H4N2O3. The number of carbonyl (C=O) groups is 1. The van der Waals surface area contributed by atoms with Gasteiger partial charge in [0.1, 0.15) is 0 Å². The Kier molecular flexibility index (Phi) is 1.91. The van der Waals surface area contributed by atoms with Crippen LogP contribution in [-0.2, 0) is 0 Å². The van der Waals surface area contributed by atoms with Gasteiger partial charge >= 0.3 is 0 Å². The van der Waals surface area contributed by atoms with Gasteiger partial charge in [0.05, 0.1) is 11.8 Å². The first-order chi connectivity index (χ1) is 4.88. The summed E-state index contributed by atoms with van der Waals surface area (Å²) in [6, 6.07) is 1.38. The van der Waals surface area contributed by atoms with E-state index in [-0.39, 0.29) is 11.4 Å². The molecule has 0 amide bonds. The Balaban J connectivity index is 3.08. The van der Waals surface area contributed by atoms with Crippen LogP contribution in [0.3, 0.4) is 0 Å². The van der Waals surface area contributed by atoms with Gasteiger partial charge in [0.2, 0.25) is 0 Å². The van der Waals surface area contributed by atoms with E-state index >= 15 is 0 Å². The summed E-state index contributed by atoms with van der Waals surface area (Å²) in [5.41, 5.74) is 0.164. The second-order valence-electron chi connectivity index (χ2n) is 1.50. The van der Waals surface area contributed by atoms with Crippen molar-refractivity contribution in [1.82, 2.24) is 10.2 Å². The van der Waals surface area contributed by atoms with Crippen molar-refractivity contribution in [3.63, 3.8) is 0 Å². The Hall–Kier alpha value is -1.49. The van der Waals surface area contributed by atoms with Crippen LogP contribution in [0.25, 0.3) is 0 Å². The van der Waals surface area contributed by atoms with Crippen molar-refractivity contribution >= 4 is 6.29 Å². The molecule has 1 aromatic heterocycles. The molecule has 0 spiro atoms. The highest BCUT2D eigenvalue weighted by molar-refractivity contribution is 5.77. The minimum atomic E-state index is -0.183. The van der Waals surface area contributed by atoms with E-state index in [1.807, 2.05) is 0 Å². The topological polar surface area (TPSA) is 72.3 Å². The summed E-state index contributed by atoms with van der Waals surface area (Å²) in [5.74, 6) is -0.183. The zero-order valence-corrected chi connectivity index (χ0v) is 4.89. The minimum Gasteiger partial charge on any atom is -0.317 e. The first-order valence-electron chi connectivity index (χ1n) is 2.46. The van der Waals surface area contributed by atoms with Gasteiger partial charge in [0.25, 0.3) is 5.88 Å². The molecule has 0 aliphatic heterocycles. The van der Waals surface area contributed by atoms with E-state index in [9.17, 15) is 4.79 Å². The van der Waals surface area contributed by atoms with Crippen LogP contribution in [0, 0.1) is 0 Å². The van der Waals surface area contributed by atoms with Crippen LogP contribution in [0.4, 0.5) is 0 Å². The highest BCUT2D eigenvalue weighted by atomic mass is 17.1. The summed E-state index contributed by atoms with van der Waals surface area (Å²) < 4.78 is 0. The van der Waals surface area contributed by atoms with Crippen molar-refractivity contribution in [2.75, 3.05) is 0 Å². The van der Waals surface area contributed by atoms with Gasteiger partial charge in [-0.1, -0.05) is 0 Å². The van der Waals surface area contributed by atoms with E-state index in [0.29, 0.717) is 6.29 Å². The van der Waals surface area contributed by atoms with Crippen molar-refractivity contribution in [1.29, 1.82) is 0 Å². The average Bonchev–Trinajstić information content (AvgIpc) is 2.04. The van der Waals surface area contributed by atoms with Crippen LogP contribution < -0.4 is 4.89 Å². The largest absolute Gasteiger partial charge is 0.317 e. The maximum atomic E-state index is 10.1. The molecule has 5 heteroatoms. The number of hydrogen-bond acceptors (Lipinski definition) is 5. The third-order valence-electron chi connectivity index (χ3n) is 0.930. The lowest BCUT2D eigenvalue weighted by molar-refractivity contribution is -0.142. The highest BCUT2D eigenvalue weighted by Gasteiger charge is 2.01. The van der Waals surface area contributed by atoms with Gasteiger partial charge in [-0.25, -0.2) is 5.26 Å². The predicted octanol–water partition coefficient (Wildman–Crippen LogP) is 0.141. The Morgan fingerprint density at radius 1 is 1.70 bits per heavy atom. The Morgan fingerprint density at radius 2 is 2.50 bits per heavy atom. The molecule has 0 bridgehead atoms. The molecule has 52 valence electrons. The zero-order valence-electron chi connectivity index (χ0n) is 4.89. The number of hydrogen-bond donors (Lipinski definition) is 1. The van der Waals surface area contributed by atoms with Crippen LogP contribution in [0.5, 0.6) is 5.88 Å². The smallest absolute Gasteiger partial charge is 0.285 e. The number of aromatic nitrogens is 2. The lowest BCUT2D eigenvalue weighted by Crippen LogP contribution is -1.95. The molecule has 0 aliphatic rings. The molecule has 0 radical (unpaired) electrons. The monoisotopic (exact) mass is 140 g/mol. The standard InChI is InChI=1S/C5H4N2O3/c8-3-4-1-2-6-7-5(4)10-9/h1-3,9H. The SMILES string of the molecule is O=Cc1ccnnc1OO. The van der Waals surface area contributed by atoms with Gasteiger partial charge < -0.3 is 4.89 Å². The summed E-state index contributed by atoms with van der Waals surface area (Å²) >= 11 is 0. The van der Waals surface area contributed by atoms with Crippen molar-refractivity contribution in [2.24, 2.45) is 0 Å². The van der Waals surface area contributed by atoms with E-state index in [0.717, 1.165) is 0 Å². The molecule has 5 nitrogen and oxygen atoms in total. The van der Waals surface area contributed by atoms with Crippen molar-refractivity contribution in [3.8, 4) is 5.88 Å². The van der Waals surface area contributed by atoms with E-state index in [2.05, 4.69) is 15.1 Å². The summed E-state index contributed by atoms with van der Waals surface area (Å²) in [6.45, 7) is 0. The van der Waals surface area contributed by atoms with Gasteiger partial charge in [-0.3, -0.25) is 4.79 Å². The molecule has 0 unspecified atom stereocenters. The van der Waals surface area contributed by atoms with Crippen LogP contribution in [0.2, 0.25) is 0 Å². The summed E-state index contributed by atoms with van der Waals surface area (Å²) in [6.07, 6.45) is 1.84. The second kappa shape index (κ2) is 2.88. The van der Waals surface area contributed by atoms with E-state index < -0.39 is 0 Å². The number of rotatable bonds is 2. The molecular weight excluding hydrogens is 136 g/mol. The fraction of sp³-hybridized carbons (Fsp3) is 0. The molecule has 0 aromatic carbocycles. The van der Waals surface area contributed by atoms with Crippen molar-refractivity contribution in [2.45, 2.75) is 0 Å². The van der Waals surface area contributed by atoms with E-state index in [4.69, 9.17) is 5.26 Å². The Labute approximate surface area is 56.2 Å². The van der Waals surface area contributed by atoms with Gasteiger partial charge in [0.15, 0.2) is 6.29 Å². The average molecular weight is 140 g/mol. The zero-order chi connectivity index (χ0) is 7.40. The van der Waals surface area contributed by atoms with Gasteiger partial charge in [-0.05, 0) is 6.07 Å². The molecule has 0 saturated carbocycles. The fourth-order valence-corrected chi connectivity index (χ4v) is 0.489. The fourth-order valence-electron chi connectivity index (χ4n) is 0.489. The summed E-state index contributed by atoms with van der Waals surface area (Å²) in [5, 5.41) is 14.8. The molecule has 0 saturated heterocycles. The molecule has 1 rings (SSSR count). The normalized spacial score (nSPS) is 8.90. The summed E-state index contributed by atoms with van der Waals surface area (Å²) in [7, 11) is 0. The molecule has 10 heavy (non-hydrogen) atoms. The lowest BCUT2D eigenvalue weighted by atomic mass is 10.3.